The van der Waals surface area contributed by atoms with Crippen LogP contribution in [0.5, 0.6) is 0 Å². The van der Waals surface area contributed by atoms with E-state index in [1.807, 2.05) is 12.1 Å². The summed E-state index contributed by atoms with van der Waals surface area (Å²) in [7, 11) is 6.48. The molecule has 2 heterocycles. The normalized spacial score (nSPS) is 17.3. The summed E-state index contributed by atoms with van der Waals surface area (Å²) in [5, 5.41) is 13.0. The van der Waals surface area contributed by atoms with Gasteiger partial charge in [-0.1, -0.05) is 40.5 Å². The van der Waals surface area contributed by atoms with Gasteiger partial charge < -0.3 is 15.8 Å². The number of nitrogens with zero attached hydrogens (tertiary/aromatic N) is 5. The number of aromatic nitrogens is 1. The molecule has 1 aromatic carbocycles. The molecule has 1 atom stereocenters. The Labute approximate surface area is 200 Å². The summed E-state index contributed by atoms with van der Waals surface area (Å²) < 4.78 is 0. The first-order valence-electron chi connectivity index (χ1n) is 10.7. The van der Waals surface area contributed by atoms with Gasteiger partial charge in [-0.05, 0) is 65.6 Å². The number of hydrogen-bond acceptors (Lipinski definition) is 6. The molecule has 1 aliphatic heterocycles. The van der Waals surface area contributed by atoms with Crippen molar-refractivity contribution in [3.63, 3.8) is 0 Å². The number of piperidine rings is 1. The number of likely N-dealkylation sites (tertiary alicyclic amines) is 1. The molecule has 0 amide bonds. The zero-order chi connectivity index (χ0) is 23.4. The van der Waals surface area contributed by atoms with E-state index < -0.39 is 0 Å². The number of rotatable bonds is 7. The highest BCUT2D eigenvalue weighted by Gasteiger charge is 2.24. The molecule has 3 rings (SSSR count). The number of amidine groups is 1. The Morgan fingerprint density at radius 1 is 1.25 bits per heavy atom. The summed E-state index contributed by atoms with van der Waals surface area (Å²) in [4.78, 5) is 11.3. The summed E-state index contributed by atoms with van der Waals surface area (Å²) in [6, 6.07) is 6.41. The third kappa shape index (κ3) is 5.53. The predicted molar refractivity (Wildman–Crippen MR) is 132 cm³/mol. The molecule has 0 aliphatic carbocycles. The number of pyridine rings is 1. The van der Waals surface area contributed by atoms with Crippen LogP contribution in [0.4, 0.5) is 0 Å². The zero-order valence-electron chi connectivity index (χ0n) is 19.1. The number of benzene rings is 1. The zero-order valence-corrected chi connectivity index (χ0v) is 20.6. The van der Waals surface area contributed by atoms with Crippen molar-refractivity contribution in [3.8, 4) is 11.1 Å². The molecule has 9 heteroatoms. The molecule has 1 aliphatic rings. The maximum atomic E-state index is 8.93. The molecule has 1 saturated heterocycles. The molecule has 0 bridgehead atoms. The monoisotopic (exact) mass is 478 g/mol. The Balaban J connectivity index is 1.77. The maximum Gasteiger partial charge on any atom is 0.171 e. The number of hydrogen-bond donors (Lipinski definition) is 2. The molecule has 0 saturated carbocycles. The van der Waals surface area contributed by atoms with E-state index in [9.17, 15) is 0 Å². The number of halogens is 2. The minimum Gasteiger partial charge on any atom is -0.409 e. The van der Waals surface area contributed by atoms with Crippen LogP contribution in [0.15, 0.2) is 35.7 Å². The molecule has 2 aromatic rings. The Bertz CT molecular complexity index is 961. The molecular formula is C23H32Cl2N6O. The van der Waals surface area contributed by atoms with Crippen LogP contribution in [0.2, 0.25) is 10.0 Å². The van der Waals surface area contributed by atoms with E-state index in [4.69, 9.17) is 34.1 Å². The van der Waals surface area contributed by atoms with Gasteiger partial charge in [0.2, 0.25) is 0 Å². The molecule has 32 heavy (non-hydrogen) atoms. The largest absolute Gasteiger partial charge is 0.409 e. The van der Waals surface area contributed by atoms with Crippen molar-refractivity contribution < 1.29 is 5.21 Å². The maximum absolute atomic E-state index is 8.93. The van der Waals surface area contributed by atoms with Crippen molar-refractivity contribution in [1.82, 2.24) is 19.7 Å². The van der Waals surface area contributed by atoms with Crippen molar-refractivity contribution in [3.05, 3.63) is 51.8 Å². The first-order valence-corrected chi connectivity index (χ1v) is 11.5. The van der Waals surface area contributed by atoms with Gasteiger partial charge in [-0.2, -0.15) is 0 Å². The summed E-state index contributed by atoms with van der Waals surface area (Å²) in [6.45, 7) is 5.27. The Kier molecular flexibility index (Phi) is 8.36. The second-order valence-electron chi connectivity index (χ2n) is 8.64. The van der Waals surface area contributed by atoms with Crippen LogP contribution in [-0.4, -0.2) is 77.7 Å². The Morgan fingerprint density at radius 2 is 1.94 bits per heavy atom. The van der Waals surface area contributed by atoms with E-state index in [0.29, 0.717) is 21.7 Å². The van der Waals surface area contributed by atoms with Gasteiger partial charge in [0.15, 0.2) is 5.84 Å². The van der Waals surface area contributed by atoms with Crippen LogP contribution in [0.3, 0.4) is 0 Å². The molecule has 174 valence electrons. The summed E-state index contributed by atoms with van der Waals surface area (Å²) >= 11 is 13.4. The third-order valence-electron chi connectivity index (χ3n) is 6.43. The number of nitrogens with two attached hydrogens (primary N) is 1. The van der Waals surface area contributed by atoms with Gasteiger partial charge in [0.25, 0.3) is 0 Å². The SMILES string of the molecule is CC(c1ccc(-c2cncc(/C(N)=N/O)c2)c(Cl)c1Cl)N(C)CN(C)C1CCN(C)CC1. The topological polar surface area (TPSA) is 81.2 Å². The van der Waals surface area contributed by atoms with Crippen molar-refractivity contribution in [1.29, 1.82) is 0 Å². The molecule has 3 N–H and O–H groups in total. The van der Waals surface area contributed by atoms with Gasteiger partial charge in [-0.15, -0.1) is 0 Å². The molecule has 0 spiro atoms. The molecule has 7 nitrogen and oxygen atoms in total. The highest BCUT2D eigenvalue weighted by atomic mass is 35.5. The highest BCUT2D eigenvalue weighted by molar-refractivity contribution is 6.44. The van der Waals surface area contributed by atoms with Gasteiger partial charge in [-0.3, -0.25) is 14.8 Å². The first-order chi connectivity index (χ1) is 15.2. The quantitative estimate of drug-likeness (QED) is 0.204. The van der Waals surface area contributed by atoms with E-state index in [1.54, 1.807) is 12.3 Å². The average molecular weight is 479 g/mol. The van der Waals surface area contributed by atoms with Gasteiger partial charge in [0, 0.05) is 41.2 Å². The predicted octanol–water partition coefficient (Wildman–Crippen LogP) is 4.13. The molecule has 1 unspecified atom stereocenters. The van der Waals surface area contributed by atoms with Crippen LogP contribution in [0.25, 0.3) is 11.1 Å². The lowest BCUT2D eigenvalue weighted by atomic mass is 10.0. The van der Waals surface area contributed by atoms with Crippen molar-refractivity contribution in [2.24, 2.45) is 10.9 Å². The van der Waals surface area contributed by atoms with E-state index in [1.165, 1.54) is 19.0 Å². The molecule has 0 radical (unpaired) electrons. The highest BCUT2D eigenvalue weighted by Crippen LogP contribution is 2.39. The van der Waals surface area contributed by atoms with E-state index >= 15 is 0 Å². The third-order valence-corrected chi connectivity index (χ3v) is 7.33. The van der Waals surface area contributed by atoms with Crippen LogP contribution in [0.1, 0.15) is 36.9 Å². The van der Waals surface area contributed by atoms with Crippen LogP contribution in [0, 0.1) is 0 Å². The fourth-order valence-corrected chi connectivity index (χ4v) is 4.76. The molecular weight excluding hydrogens is 447 g/mol. The van der Waals surface area contributed by atoms with E-state index in [2.05, 4.69) is 52.9 Å². The van der Waals surface area contributed by atoms with Gasteiger partial charge in [0.05, 0.1) is 16.7 Å². The lowest BCUT2D eigenvalue weighted by Gasteiger charge is -2.38. The van der Waals surface area contributed by atoms with Crippen molar-refractivity contribution in [2.75, 3.05) is 40.9 Å². The minimum absolute atomic E-state index is 0.0119. The van der Waals surface area contributed by atoms with Crippen LogP contribution < -0.4 is 5.73 Å². The fraction of sp³-hybridized carbons (Fsp3) is 0.478. The summed E-state index contributed by atoms with van der Waals surface area (Å²) in [6.07, 6.45) is 5.59. The fourth-order valence-electron chi connectivity index (χ4n) is 4.16. The lowest BCUT2D eigenvalue weighted by Crippen LogP contribution is -2.46. The number of oxime groups is 1. The molecule has 1 aromatic heterocycles. The van der Waals surface area contributed by atoms with Gasteiger partial charge in [-0.25, -0.2) is 0 Å². The van der Waals surface area contributed by atoms with Crippen LogP contribution >= 0.6 is 23.2 Å². The standard InChI is InChI=1S/C23H32Cl2N6O/c1-15(30(3)14-31(4)18-7-9-29(2)10-8-18)19-5-6-20(22(25)21(19)24)16-11-17(13-27-12-16)23(26)28-32/h5-6,11-13,15,18,32H,7-10,14H2,1-4H3,(H2,26,28). The van der Waals surface area contributed by atoms with Crippen molar-refractivity contribution >= 4 is 29.0 Å². The average Bonchev–Trinajstić information content (AvgIpc) is 2.80. The second-order valence-corrected chi connectivity index (χ2v) is 9.40. The van der Waals surface area contributed by atoms with Gasteiger partial charge in [0.1, 0.15) is 0 Å². The Hall–Kier alpha value is -1.90. The Morgan fingerprint density at radius 3 is 2.59 bits per heavy atom. The second kappa shape index (κ2) is 10.8. The van der Waals surface area contributed by atoms with E-state index in [-0.39, 0.29) is 11.9 Å². The lowest BCUT2D eigenvalue weighted by molar-refractivity contribution is 0.0772. The summed E-state index contributed by atoms with van der Waals surface area (Å²) in [5.41, 5.74) is 8.67. The van der Waals surface area contributed by atoms with E-state index in [0.717, 1.165) is 36.4 Å². The molecule has 1 fully saturated rings. The first kappa shape index (κ1) is 24.7. The minimum atomic E-state index is -0.0119. The van der Waals surface area contributed by atoms with Crippen LogP contribution in [-0.2, 0) is 0 Å². The van der Waals surface area contributed by atoms with Crippen molar-refractivity contribution in [2.45, 2.75) is 31.8 Å². The smallest absolute Gasteiger partial charge is 0.171 e. The summed E-state index contributed by atoms with van der Waals surface area (Å²) in [5.74, 6) is -0.0119. The van der Waals surface area contributed by atoms with Gasteiger partial charge >= 0.3 is 0 Å².